The first-order valence-corrected chi connectivity index (χ1v) is 9.88. The molecule has 9 heteroatoms. The van der Waals surface area contributed by atoms with Crippen LogP contribution in [0.1, 0.15) is 12.0 Å². The highest BCUT2D eigenvalue weighted by Gasteiger charge is 2.78. The molecule has 0 spiro atoms. The van der Waals surface area contributed by atoms with Crippen molar-refractivity contribution in [3.05, 3.63) is 29.8 Å². The van der Waals surface area contributed by atoms with E-state index in [1.165, 1.54) is 19.2 Å². The lowest BCUT2D eigenvalue weighted by Crippen LogP contribution is -2.48. The highest BCUT2D eigenvalue weighted by molar-refractivity contribution is 7.93. The van der Waals surface area contributed by atoms with E-state index in [0.717, 1.165) is 19.8 Å². The minimum Gasteiger partial charge on any atom is -0.468 e. The molecule has 2 fully saturated rings. The van der Waals surface area contributed by atoms with E-state index in [4.69, 9.17) is 18.9 Å². The Morgan fingerprint density at radius 1 is 1.11 bits per heavy atom. The largest absolute Gasteiger partial charge is 0.468 e. The summed E-state index contributed by atoms with van der Waals surface area (Å²) < 4.78 is 45.9. The topological polar surface area (TPSA) is 105 Å². The number of aryl methyl sites for hydroxylation is 1. The molecule has 1 heterocycles. The quantitative estimate of drug-likeness (QED) is 0.513. The second kappa shape index (κ2) is 6.88. The monoisotopic (exact) mass is 398 g/mol. The van der Waals surface area contributed by atoms with Crippen LogP contribution in [0.15, 0.2) is 29.2 Å². The van der Waals surface area contributed by atoms with Crippen molar-refractivity contribution in [2.75, 3.05) is 21.3 Å². The number of ether oxygens (including phenoxy) is 4. The number of hydrogen-bond acceptors (Lipinski definition) is 8. The first-order valence-electron chi connectivity index (χ1n) is 8.39. The molecule has 1 aliphatic heterocycles. The van der Waals surface area contributed by atoms with Crippen molar-refractivity contribution < 1.29 is 37.0 Å². The van der Waals surface area contributed by atoms with Gasteiger partial charge in [-0.15, -0.1) is 0 Å². The van der Waals surface area contributed by atoms with Crippen LogP contribution in [0, 0.1) is 18.8 Å². The molecule has 0 N–H and O–H groups in total. The van der Waals surface area contributed by atoms with Crippen LogP contribution in [0.5, 0.6) is 0 Å². The predicted octanol–water partition coefficient (Wildman–Crippen LogP) is 0.861. The third-order valence-electron chi connectivity index (χ3n) is 5.38. The Morgan fingerprint density at radius 2 is 1.67 bits per heavy atom. The molecule has 27 heavy (non-hydrogen) atoms. The fourth-order valence-electron chi connectivity index (χ4n) is 3.91. The molecular weight excluding hydrogens is 376 g/mol. The van der Waals surface area contributed by atoms with Gasteiger partial charge in [0.1, 0.15) is 4.75 Å². The van der Waals surface area contributed by atoms with E-state index in [2.05, 4.69) is 0 Å². The Bertz CT molecular complexity index is 831. The first kappa shape index (κ1) is 19.8. The molecule has 1 saturated heterocycles. The van der Waals surface area contributed by atoms with Crippen molar-refractivity contribution in [1.82, 2.24) is 0 Å². The van der Waals surface area contributed by atoms with Crippen molar-refractivity contribution in [2.45, 2.75) is 35.4 Å². The highest BCUT2D eigenvalue weighted by Crippen LogP contribution is 2.63. The van der Waals surface area contributed by atoms with E-state index in [1.807, 2.05) is 6.92 Å². The van der Waals surface area contributed by atoms with Crippen LogP contribution < -0.4 is 0 Å². The number of hydrogen-bond donors (Lipinski definition) is 0. The van der Waals surface area contributed by atoms with Gasteiger partial charge < -0.3 is 18.9 Å². The van der Waals surface area contributed by atoms with E-state index in [1.54, 1.807) is 12.1 Å². The zero-order valence-electron chi connectivity index (χ0n) is 15.5. The minimum atomic E-state index is -3.92. The van der Waals surface area contributed by atoms with E-state index in [9.17, 15) is 18.0 Å². The van der Waals surface area contributed by atoms with E-state index in [-0.39, 0.29) is 11.3 Å². The average molecular weight is 398 g/mol. The van der Waals surface area contributed by atoms with E-state index < -0.39 is 50.8 Å². The summed E-state index contributed by atoms with van der Waals surface area (Å²) in [5, 5.41) is 0. The van der Waals surface area contributed by atoms with Gasteiger partial charge in [-0.05, 0) is 25.5 Å². The molecule has 0 radical (unpaired) electrons. The van der Waals surface area contributed by atoms with Gasteiger partial charge >= 0.3 is 11.9 Å². The van der Waals surface area contributed by atoms with Gasteiger partial charge in [-0.1, -0.05) is 17.7 Å². The van der Waals surface area contributed by atoms with Crippen LogP contribution in [0.25, 0.3) is 0 Å². The molecule has 1 aromatic carbocycles. The van der Waals surface area contributed by atoms with Gasteiger partial charge in [0.25, 0.3) is 0 Å². The van der Waals surface area contributed by atoms with Crippen LogP contribution in [-0.2, 0) is 38.4 Å². The van der Waals surface area contributed by atoms with Crippen LogP contribution in [0.4, 0.5) is 0 Å². The maximum absolute atomic E-state index is 13.5. The summed E-state index contributed by atoms with van der Waals surface area (Å²) in [5.41, 5.74) is 0.912. The molecule has 1 saturated carbocycles. The molecule has 2 aliphatic rings. The second-order valence-electron chi connectivity index (χ2n) is 6.75. The molecule has 0 amide bonds. The number of esters is 2. The molecule has 0 unspecified atom stereocenters. The lowest BCUT2D eigenvalue weighted by atomic mass is 9.87. The number of benzene rings is 1. The molecular formula is C18H22O8S. The first-order chi connectivity index (χ1) is 12.7. The second-order valence-corrected chi connectivity index (χ2v) is 8.99. The van der Waals surface area contributed by atoms with Gasteiger partial charge in [0.05, 0.1) is 31.1 Å². The zero-order valence-corrected chi connectivity index (χ0v) is 16.3. The Balaban J connectivity index is 2.11. The van der Waals surface area contributed by atoms with Crippen LogP contribution in [-0.4, -0.2) is 58.8 Å². The van der Waals surface area contributed by atoms with Gasteiger partial charge in [0, 0.05) is 7.11 Å². The van der Waals surface area contributed by atoms with Gasteiger partial charge in [0.15, 0.2) is 22.0 Å². The predicted molar refractivity (Wildman–Crippen MR) is 92.4 cm³/mol. The average Bonchev–Trinajstić information content (AvgIpc) is 3.31. The fraction of sp³-hybridized carbons (Fsp3) is 0.556. The molecule has 1 aliphatic carbocycles. The Labute approximate surface area is 157 Å². The fourth-order valence-corrected chi connectivity index (χ4v) is 6.22. The Morgan fingerprint density at radius 3 is 2.15 bits per heavy atom. The number of fused-ring (bicyclic) bond motifs is 1. The van der Waals surface area contributed by atoms with Crippen molar-refractivity contribution in [3.63, 3.8) is 0 Å². The minimum absolute atomic E-state index is 0.106. The summed E-state index contributed by atoms with van der Waals surface area (Å²) in [6.07, 6.45) is -1.55. The summed E-state index contributed by atoms with van der Waals surface area (Å²) in [5.74, 6) is -4.33. The zero-order chi connectivity index (χ0) is 20.0. The normalized spacial score (nSPS) is 29.3. The van der Waals surface area contributed by atoms with E-state index >= 15 is 0 Å². The van der Waals surface area contributed by atoms with Crippen molar-refractivity contribution in [3.8, 4) is 0 Å². The van der Waals surface area contributed by atoms with Crippen molar-refractivity contribution in [1.29, 1.82) is 0 Å². The number of methoxy groups -OCH3 is 3. The molecule has 3 rings (SSSR count). The third-order valence-corrected chi connectivity index (χ3v) is 7.97. The maximum atomic E-state index is 13.5. The van der Waals surface area contributed by atoms with Gasteiger partial charge in [-0.2, -0.15) is 0 Å². The number of sulfone groups is 1. The number of carbonyl (C=O) groups excluding carboxylic acids is 2. The SMILES string of the molecule is COC(=O)C(C(=O)OC)[C@H]1[C@H](OC)O[C@@H]2C[C@@]21S(=O)(=O)c1ccc(C)cc1. The molecule has 8 nitrogen and oxygen atoms in total. The van der Waals surface area contributed by atoms with Gasteiger partial charge in [0.2, 0.25) is 0 Å². The van der Waals surface area contributed by atoms with Crippen molar-refractivity contribution in [2.24, 2.45) is 11.8 Å². The molecule has 0 aromatic heterocycles. The Kier molecular flexibility index (Phi) is 5.04. The molecule has 148 valence electrons. The summed E-state index contributed by atoms with van der Waals surface area (Å²) in [6, 6.07) is 6.41. The molecule has 0 bridgehead atoms. The number of carbonyl (C=O) groups is 2. The molecule has 4 atom stereocenters. The maximum Gasteiger partial charge on any atom is 0.320 e. The Hall–Kier alpha value is -1.97. The summed E-state index contributed by atoms with van der Waals surface area (Å²) in [7, 11) is -0.336. The number of rotatable bonds is 6. The van der Waals surface area contributed by atoms with Crippen LogP contribution >= 0.6 is 0 Å². The summed E-state index contributed by atoms with van der Waals surface area (Å²) >= 11 is 0. The van der Waals surface area contributed by atoms with Crippen molar-refractivity contribution >= 4 is 21.8 Å². The van der Waals surface area contributed by atoms with Crippen LogP contribution in [0.2, 0.25) is 0 Å². The van der Waals surface area contributed by atoms with Crippen LogP contribution in [0.3, 0.4) is 0 Å². The standard InChI is InChI=1S/C18H22O8S/c1-10-5-7-11(8-6-10)27(21,22)18-9-12(18)26-17(25-4)14(18)13(15(19)23-2)16(20)24-3/h5-8,12-14,17H,9H2,1-4H3/t12-,14+,17-,18-/m1/s1. The highest BCUT2D eigenvalue weighted by atomic mass is 32.2. The molecule has 1 aromatic rings. The third kappa shape index (κ3) is 2.84. The smallest absolute Gasteiger partial charge is 0.320 e. The summed E-state index contributed by atoms with van der Waals surface area (Å²) in [6.45, 7) is 1.85. The lowest BCUT2D eigenvalue weighted by Gasteiger charge is -2.30. The van der Waals surface area contributed by atoms with Gasteiger partial charge in [-0.25, -0.2) is 8.42 Å². The summed E-state index contributed by atoms with van der Waals surface area (Å²) in [4.78, 5) is 24.8. The van der Waals surface area contributed by atoms with E-state index in [0.29, 0.717) is 0 Å². The lowest BCUT2D eigenvalue weighted by molar-refractivity contribution is -0.176. The van der Waals surface area contributed by atoms with Gasteiger partial charge in [-0.3, -0.25) is 9.59 Å².